The van der Waals surface area contributed by atoms with Crippen LogP contribution in [0, 0.1) is 10.1 Å². The first-order chi connectivity index (χ1) is 15.6. The van der Waals surface area contributed by atoms with Gasteiger partial charge in [0.25, 0.3) is 11.6 Å². The van der Waals surface area contributed by atoms with Gasteiger partial charge in [-0.2, -0.15) is 0 Å². The standard InChI is InChI=1S/C24H25N5O3/c30-24(19-8-10-22(11-9-19)29(31)32)26-18-23(20-5-4-12-25-17-20)28-15-13-27(14-16-28)21-6-2-1-3-7-21/h1-12,17,23H,13-16,18H2,(H,26,30)/t23-/m0/s1. The molecular formula is C24H25N5O3. The molecule has 1 N–H and O–H groups in total. The Morgan fingerprint density at radius 2 is 1.72 bits per heavy atom. The molecule has 0 unspecified atom stereocenters. The molecule has 0 aliphatic carbocycles. The summed E-state index contributed by atoms with van der Waals surface area (Å²) < 4.78 is 0. The van der Waals surface area contributed by atoms with Gasteiger partial charge in [0.2, 0.25) is 0 Å². The lowest BCUT2D eigenvalue weighted by atomic mass is 10.1. The van der Waals surface area contributed by atoms with Gasteiger partial charge in [-0.05, 0) is 35.9 Å². The Morgan fingerprint density at radius 3 is 2.34 bits per heavy atom. The number of para-hydroxylation sites is 1. The van der Waals surface area contributed by atoms with Crippen LogP contribution in [0.4, 0.5) is 11.4 Å². The molecular weight excluding hydrogens is 406 g/mol. The van der Waals surface area contributed by atoms with Crippen LogP contribution in [0.15, 0.2) is 79.1 Å². The number of anilines is 1. The Balaban J connectivity index is 1.42. The monoisotopic (exact) mass is 431 g/mol. The van der Waals surface area contributed by atoms with Gasteiger partial charge in [-0.25, -0.2) is 0 Å². The zero-order chi connectivity index (χ0) is 22.3. The summed E-state index contributed by atoms with van der Waals surface area (Å²) >= 11 is 0. The number of nitrogens with one attached hydrogen (secondary N) is 1. The van der Waals surface area contributed by atoms with Crippen LogP contribution in [0.1, 0.15) is 22.0 Å². The fraction of sp³-hybridized carbons (Fsp3) is 0.250. The van der Waals surface area contributed by atoms with Crippen molar-refractivity contribution in [1.29, 1.82) is 0 Å². The zero-order valence-electron chi connectivity index (χ0n) is 17.6. The molecule has 1 saturated heterocycles. The number of hydrogen-bond acceptors (Lipinski definition) is 6. The summed E-state index contributed by atoms with van der Waals surface area (Å²) in [6.07, 6.45) is 3.58. The third kappa shape index (κ3) is 5.09. The van der Waals surface area contributed by atoms with Crippen molar-refractivity contribution < 1.29 is 9.72 Å². The maximum absolute atomic E-state index is 12.7. The summed E-state index contributed by atoms with van der Waals surface area (Å²) in [6, 6.07) is 19.9. The Morgan fingerprint density at radius 1 is 1.00 bits per heavy atom. The fourth-order valence-corrected chi connectivity index (χ4v) is 3.99. The van der Waals surface area contributed by atoms with E-state index < -0.39 is 4.92 Å². The van der Waals surface area contributed by atoms with Crippen molar-refractivity contribution in [2.75, 3.05) is 37.6 Å². The van der Waals surface area contributed by atoms with E-state index in [9.17, 15) is 14.9 Å². The van der Waals surface area contributed by atoms with E-state index in [2.05, 4.69) is 32.2 Å². The summed E-state index contributed by atoms with van der Waals surface area (Å²) in [6.45, 7) is 3.95. The molecule has 1 atom stereocenters. The SMILES string of the molecule is O=C(NC[C@@H](c1cccnc1)N1CCN(c2ccccc2)CC1)c1ccc([N+](=O)[O-])cc1. The highest BCUT2D eigenvalue weighted by molar-refractivity contribution is 5.94. The van der Waals surface area contributed by atoms with Crippen LogP contribution in [-0.2, 0) is 0 Å². The number of carbonyl (C=O) groups excluding carboxylic acids is 1. The topological polar surface area (TPSA) is 91.6 Å². The molecule has 164 valence electrons. The molecule has 1 aliphatic heterocycles. The first-order valence-corrected chi connectivity index (χ1v) is 10.6. The summed E-state index contributed by atoms with van der Waals surface area (Å²) in [5, 5.41) is 13.8. The van der Waals surface area contributed by atoms with Crippen LogP contribution in [0.25, 0.3) is 0 Å². The van der Waals surface area contributed by atoms with E-state index in [1.165, 1.54) is 30.0 Å². The van der Waals surface area contributed by atoms with Crippen molar-refractivity contribution in [3.8, 4) is 0 Å². The minimum Gasteiger partial charge on any atom is -0.369 e. The average Bonchev–Trinajstić information content (AvgIpc) is 2.85. The molecule has 8 nitrogen and oxygen atoms in total. The van der Waals surface area contributed by atoms with E-state index in [1.54, 1.807) is 6.20 Å². The van der Waals surface area contributed by atoms with E-state index >= 15 is 0 Å². The van der Waals surface area contributed by atoms with Gasteiger partial charge >= 0.3 is 0 Å². The van der Waals surface area contributed by atoms with Gasteiger partial charge in [0.15, 0.2) is 0 Å². The van der Waals surface area contributed by atoms with Crippen LogP contribution in [0.2, 0.25) is 0 Å². The number of nitrogens with zero attached hydrogens (tertiary/aromatic N) is 4. The highest BCUT2D eigenvalue weighted by Gasteiger charge is 2.26. The third-order valence-electron chi connectivity index (χ3n) is 5.74. The molecule has 4 rings (SSSR count). The van der Waals surface area contributed by atoms with Crippen LogP contribution < -0.4 is 10.2 Å². The first kappa shape index (κ1) is 21.5. The largest absolute Gasteiger partial charge is 0.369 e. The highest BCUT2D eigenvalue weighted by atomic mass is 16.6. The second-order valence-corrected chi connectivity index (χ2v) is 7.67. The number of piperazine rings is 1. The van der Waals surface area contributed by atoms with E-state index in [1.807, 2.05) is 36.5 Å². The van der Waals surface area contributed by atoms with Crippen molar-refractivity contribution in [3.05, 3.63) is 100 Å². The number of amides is 1. The quantitative estimate of drug-likeness (QED) is 0.456. The Kier molecular flexibility index (Phi) is 6.72. The molecule has 2 heterocycles. The lowest BCUT2D eigenvalue weighted by molar-refractivity contribution is -0.384. The molecule has 2 aromatic carbocycles. The molecule has 0 spiro atoms. The van der Waals surface area contributed by atoms with Crippen LogP contribution in [0.3, 0.4) is 0 Å². The molecule has 0 saturated carbocycles. The van der Waals surface area contributed by atoms with Gasteiger partial charge in [0.05, 0.1) is 11.0 Å². The summed E-state index contributed by atoms with van der Waals surface area (Å²) in [5.74, 6) is -0.253. The van der Waals surface area contributed by atoms with Gasteiger partial charge in [0.1, 0.15) is 0 Å². The highest BCUT2D eigenvalue weighted by Crippen LogP contribution is 2.23. The number of aromatic nitrogens is 1. The van der Waals surface area contributed by atoms with Crippen molar-refractivity contribution >= 4 is 17.3 Å². The molecule has 1 fully saturated rings. The molecule has 0 bridgehead atoms. The summed E-state index contributed by atoms with van der Waals surface area (Å²) in [4.78, 5) is 32.0. The maximum Gasteiger partial charge on any atom is 0.269 e. The maximum atomic E-state index is 12.7. The average molecular weight is 431 g/mol. The number of benzene rings is 2. The fourth-order valence-electron chi connectivity index (χ4n) is 3.99. The second kappa shape index (κ2) is 10.0. The van der Waals surface area contributed by atoms with Crippen LogP contribution in [-0.4, -0.2) is 53.4 Å². The van der Waals surface area contributed by atoms with Crippen molar-refractivity contribution in [3.63, 3.8) is 0 Å². The normalized spacial score (nSPS) is 15.2. The number of pyridine rings is 1. The van der Waals surface area contributed by atoms with Crippen LogP contribution in [0.5, 0.6) is 0 Å². The van der Waals surface area contributed by atoms with Crippen molar-refractivity contribution in [1.82, 2.24) is 15.2 Å². The second-order valence-electron chi connectivity index (χ2n) is 7.67. The number of carbonyl (C=O) groups is 1. The molecule has 0 radical (unpaired) electrons. The minimum atomic E-state index is -0.477. The first-order valence-electron chi connectivity index (χ1n) is 10.6. The van der Waals surface area contributed by atoms with Gasteiger partial charge in [-0.3, -0.25) is 24.8 Å². The van der Waals surface area contributed by atoms with Crippen molar-refractivity contribution in [2.24, 2.45) is 0 Å². The number of non-ortho nitro benzene ring substituents is 1. The van der Waals surface area contributed by atoms with E-state index in [0.717, 1.165) is 31.7 Å². The van der Waals surface area contributed by atoms with E-state index in [0.29, 0.717) is 12.1 Å². The predicted octanol–water partition coefficient (Wildman–Crippen LogP) is 3.28. The molecule has 1 amide bonds. The molecule has 32 heavy (non-hydrogen) atoms. The molecule has 8 heteroatoms. The lowest BCUT2D eigenvalue weighted by Gasteiger charge is -2.40. The predicted molar refractivity (Wildman–Crippen MR) is 123 cm³/mol. The van der Waals surface area contributed by atoms with Gasteiger partial charge < -0.3 is 10.2 Å². The minimum absolute atomic E-state index is 0.0105. The smallest absolute Gasteiger partial charge is 0.269 e. The van der Waals surface area contributed by atoms with Gasteiger partial charge in [-0.15, -0.1) is 0 Å². The zero-order valence-corrected chi connectivity index (χ0v) is 17.6. The number of nitro groups is 1. The lowest BCUT2D eigenvalue weighted by Crippen LogP contribution is -2.50. The Hall–Kier alpha value is -3.78. The molecule has 3 aromatic rings. The van der Waals surface area contributed by atoms with Crippen molar-refractivity contribution in [2.45, 2.75) is 6.04 Å². The summed E-state index contributed by atoms with van der Waals surface area (Å²) in [7, 11) is 0. The van der Waals surface area contributed by atoms with Gasteiger partial charge in [0, 0.05) is 68.5 Å². The van der Waals surface area contributed by atoms with Gasteiger partial charge in [-0.1, -0.05) is 24.3 Å². The molecule has 1 aliphatic rings. The van der Waals surface area contributed by atoms with Crippen LogP contribution >= 0.6 is 0 Å². The van der Waals surface area contributed by atoms with E-state index in [4.69, 9.17) is 0 Å². The summed E-state index contributed by atoms with van der Waals surface area (Å²) in [5.41, 5.74) is 2.63. The Labute approximate surface area is 186 Å². The van der Waals surface area contributed by atoms with E-state index in [-0.39, 0.29) is 17.6 Å². The number of nitro benzene ring substituents is 1. The third-order valence-corrected chi connectivity index (χ3v) is 5.74. The molecule has 1 aromatic heterocycles. The Bertz CT molecular complexity index is 1040. The number of hydrogen-bond donors (Lipinski definition) is 1. The number of rotatable bonds is 7.